The second-order valence-corrected chi connectivity index (χ2v) is 4.24. The summed E-state index contributed by atoms with van der Waals surface area (Å²) >= 11 is 0. The molecule has 1 fully saturated rings. The molecule has 0 unspecified atom stereocenters. The van der Waals surface area contributed by atoms with Crippen LogP contribution in [0.2, 0.25) is 0 Å². The van der Waals surface area contributed by atoms with E-state index in [4.69, 9.17) is 0 Å². The molecule has 84 valence electrons. The summed E-state index contributed by atoms with van der Waals surface area (Å²) in [5.41, 5.74) is 1.53. The van der Waals surface area contributed by atoms with Crippen molar-refractivity contribution in [1.29, 1.82) is 0 Å². The fourth-order valence-corrected chi connectivity index (χ4v) is 2.14. The maximum atomic E-state index is 2.28. The smallest absolute Gasteiger partial charge is 0.176 e. The SMILES string of the molecule is CC.C[n+]1cc(C2CC2)c2ccccc2c1. The highest BCUT2D eigenvalue weighted by atomic mass is 14.9. The maximum absolute atomic E-state index is 2.28. The number of nitrogens with zero attached hydrogens (tertiary/aromatic N) is 1. The number of aromatic nitrogens is 1. The van der Waals surface area contributed by atoms with Gasteiger partial charge in [-0.3, -0.25) is 0 Å². The predicted octanol–water partition coefficient (Wildman–Crippen LogP) is 3.57. The molecule has 1 heteroatoms. The second kappa shape index (κ2) is 4.65. The van der Waals surface area contributed by atoms with E-state index < -0.39 is 0 Å². The third-order valence-electron chi connectivity index (χ3n) is 2.97. The zero-order valence-electron chi connectivity index (χ0n) is 10.4. The summed E-state index contributed by atoms with van der Waals surface area (Å²) in [6.07, 6.45) is 7.21. The molecule has 1 nitrogen and oxygen atoms in total. The first-order valence-electron chi connectivity index (χ1n) is 6.22. The third-order valence-corrected chi connectivity index (χ3v) is 2.97. The molecule has 0 bridgehead atoms. The summed E-state index contributed by atoms with van der Waals surface area (Å²) < 4.78 is 2.18. The lowest BCUT2D eigenvalue weighted by atomic mass is 10.0. The highest BCUT2D eigenvalue weighted by molar-refractivity contribution is 5.84. The van der Waals surface area contributed by atoms with Gasteiger partial charge in [0.15, 0.2) is 12.4 Å². The Morgan fingerprint density at radius 3 is 2.44 bits per heavy atom. The number of rotatable bonds is 1. The number of fused-ring (bicyclic) bond motifs is 1. The van der Waals surface area contributed by atoms with E-state index >= 15 is 0 Å². The Morgan fingerprint density at radius 2 is 1.75 bits per heavy atom. The topological polar surface area (TPSA) is 3.88 Å². The van der Waals surface area contributed by atoms with Crippen LogP contribution < -0.4 is 4.57 Å². The number of benzene rings is 1. The molecule has 0 atom stereocenters. The van der Waals surface area contributed by atoms with E-state index in [0.29, 0.717) is 0 Å². The van der Waals surface area contributed by atoms with Gasteiger partial charge in [0.2, 0.25) is 0 Å². The van der Waals surface area contributed by atoms with E-state index in [1.807, 2.05) is 13.8 Å². The fraction of sp³-hybridized carbons (Fsp3) is 0.400. The van der Waals surface area contributed by atoms with Crippen LogP contribution in [-0.2, 0) is 7.05 Å². The van der Waals surface area contributed by atoms with Gasteiger partial charge in [-0.2, -0.15) is 0 Å². The van der Waals surface area contributed by atoms with E-state index in [1.165, 1.54) is 29.2 Å². The van der Waals surface area contributed by atoms with Crippen molar-refractivity contribution in [3.63, 3.8) is 0 Å². The Morgan fingerprint density at radius 1 is 1.06 bits per heavy atom. The minimum atomic E-state index is 0.826. The van der Waals surface area contributed by atoms with Crippen molar-refractivity contribution in [1.82, 2.24) is 0 Å². The van der Waals surface area contributed by atoms with Gasteiger partial charge in [-0.05, 0) is 30.2 Å². The number of aryl methyl sites for hydroxylation is 1. The van der Waals surface area contributed by atoms with Crippen LogP contribution in [0.4, 0.5) is 0 Å². The van der Waals surface area contributed by atoms with E-state index in [2.05, 4.69) is 48.3 Å². The molecule has 0 amide bonds. The lowest BCUT2D eigenvalue weighted by molar-refractivity contribution is -0.670. The summed E-state index contributed by atoms with van der Waals surface area (Å²) in [4.78, 5) is 0. The molecule has 1 heterocycles. The Balaban J connectivity index is 0.000000457. The highest BCUT2D eigenvalue weighted by Crippen LogP contribution is 2.42. The molecular weight excluding hydrogens is 194 g/mol. The van der Waals surface area contributed by atoms with Crippen LogP contribution in [0.15, 0.2) is 36.7 Å². The summed E-state index contributed by atoms with van der Waals surface area (Å²) in [5, 5.41) is 2.80. The first-order chi connectivity index (χ1) is 7.84. The highest BCUT2D eigenvalue weighted by Gasteiger charge is 2.27. The Bertz CT molecular complexity index is 484. The molecule has 1 aliphatic carbocycles. The molecular formula is C15H20N+. The van der Waals surface area contributed by atoms with Gasteiger partial charge in [0.1, 0.15) is 7.05 Å². The minimum absolute atomic E-state index is 0.826. The van der Waals surface area contributed by atoms with Crippen molar-refractivity contribution in [3.8, 4) is 0 Å². The second-order valence-electron chi connectivity index (χ2n) is 4.24. The van der Waals surface area contributed by atoms with Crippen LogP contribution >= 0.6 is 0 Å². The van der Waals surface area contributed by atoms with Gasteiger partial charge in [-0.1, -0.05) is 32.0 Å². The van der Waals surface area contributed by atoms with Gasteiger partial charge in [-0.15, -0.1) is 0 Å². The molecule has 3 rings (SSSR count). The van der Waals surface area contributed by atoms with E-state index in [1.54, 1.807) is 0 Å². The van der Waals surface area contributed by atoms with Crippen LogP contribution in [0.3, 0.4) is 0 Å². The van der Waals surface area contributed by atoms with Crippen LogP contribution in [0.5, 0.6) is 0 Å². The zero-order valence-corrected chi connectivity index (χ0v) is 10.4. The Labute approximate surface area is 97.7 Å². The standard InChI is InChI=1S/C13H14N.C2H6/c1-14-8-11-4-2-3-5-12(11)13(9-14)10-6-7-10;1-2/h2-5,8-10H,6-7H2,1H3;1-2H3/q+1;. The summed E-state index contributed by atoms with van der Waals surface area (Å²) in [7, 11) is 2.11. The average molecular weight is 214 g/mol. The quantitative estimate of drug-likeness (QED) is 0.639. The summed E-state index contributed by atoms with van der Waals surface area (Å²) in [6, 6.07) is 8.68. The van der Waals surface area contributed by atoms with Crippen LogP contribution in [0.1, 0.15) is 38.2 Å². The molecule has 1 saturated carbocycles. The normalized spacial score (nSPS) is 14.4. The number of pyridine rings is 1. The van der Waals surface area contributed by atoms with Crippen molar-refractivity contribution in [2.45, 2.75) is 32.6 Å². The lowest BCUT2D eigenvalue weighted by Gasteiger charge is -2.02. The van der Waals surface area contributed by atoms with Crippen LogP contribution in [0.25, 0.3) is 10.8 Å². The van der Waals surface area contributed by atoms with E-state index in [-0.39, 0.29) is 0 Å². The van der Waals surface area contributed by atoms with Gasteiger partial charge < -0.3 is 0 Å². The van der Waals surface area contributed by atoms with Gasteiger partial charge in [0, 0.05) is 10.9 Å². The Hall–Kier alpha value is -1.37. The third kappa shape index (κ3) is 2.08. The predicted molar refractivity (Wildman–Crippen MR) is 68.4 cm³/mol. The molecule has 2 aromatic rings. The van der Waals surface area contributed by atoms with Crippen LogP contribution in [-0.4, -0.2) is 0 Å². The molecule has 16 heavy (non-hydrogen) atoms. The fourth-order valence-electron chi connectivity index (χ4n) is 2.14. The lowest BCUT2D eigenvalue weighted by Crippen LogP contribution is -2.27. The van der Waals surface area contributed by atoms with Crippen molar-refractivity contribution in [2.24, 2.45) is 7.05 Å². The molecule has 0 saturated heterocycles. The summed E-state index contributed by atoms with van der Waals surface area (Å²) in [5.74, 6) is 0.826. The van der Waals surface area contributed by atoms with Gasteiger partial charge in [0.25, 0.3) is 0 Å². The first kappa shape index (κ1) is 11.1. The largest absolute Gasteiger partial charge is 0.207 e. The van der Waals surface area contributed by atoms with Gasteiger partial charge >= 0.3 is 0 Å². The van der Waals surface area contributed by atoms with E-state index in [9.17, 15) is 0 Å². The molecule has 1 aliphatic rings. The van der Waals surface area contributed by atoms with Crippen molar-refractivity contribution < 1.29 is 4.57 Å². The molecule has 0 aliphatic heterocycles. The Kier molecular flexibility index (Phi) is 3.23. The van der Waals surface area contributed by atoms with Crippen molar-refractivity contribution in [2.75, 3.05) is 0 Å². The minimum Gasteiger partial charge on any atom is -0.207 e. The van der Waals surface area contributed by atoms with Crippen LogP contribution in [0, 0.1) is 0 Å². The summed E-state index contributed by atoms with van der Waals surface area (Å²) in [6.45, 7) is 4.00. The zero-order chi connectivity index (χ0) is 11.5. The number of hydrogen-bond acceptors (Lipinski definition) is 0. The molecule has 0 N–H and O–H groups in total. The van der Waals surface area contributed by atoms with Gasteiger partial charge in [0.05, 0.1) is 0 Å². The molecule has 0 radical (unpaired) electrons. The maximum Gasteiger partial charge on any atom is 0.176 e. The molecule has 0 spiro atoms. The molecule has 1 aromatic carbocycles. The first-order valence-corrected chi connectivity index (χ1v) is 6.22. The number of hydrogen-bond donors (Lipinski definition) is 0. The van der Waals surface area contributed by atoms with Crippen molar-refractivity contribution >= 4 is 10.8 Å². The van der Waals surface area contributed by atoms with E-state index in [0.717, 1.165) is 5.92 Å². The monoisotopic (exact) mass is 214 g/mol. The average Bonchev–Trinajstić information content (AvgIpc) is 3.14. The molecule has 1 aromatic heterocycles. The van der Waals surface area contributed by atoms with Gasteiger partial charge in [-0.25, -0.2) is 4.57 Å². The van der Waals surface area contributed by atoms with Crippen molar-refractivity contribution in [3.05, 3.63) is 42.2 Å².